The van der Waals surface area contributed by atoms with Crippen LogP contribution in [-0.4, -0.2) is 30.5 Å². The van der Waals surface area contributed by atoms with Gasteiger partial charge in [0.25, 0.3) is 5.91 Å². The monoisotopic (exact) mass is 346 g/mol. The van der Waals surface area contributed by atoms with Crippen LogP contribution in [0.4, 0.5) is 0 Å². The van der Waals surface area contributed by atoms with Crippen molar-refractivity contribution in [1.82, 2.24) is 10.3 Å². The Kier molecular flexibility index (Phi) is 5.20. The Labute approximate surface area is 144 Å². The van der Waals surface area contributed by atoms with Gasteiger partial charge in [-0.3, -0.25) is 14.6 Å². The summed E-state index contributed by atoms with van der Waals surface area (Å²) >= 11 is 1.05. The van der Waals surface area contributed by atoms with Gasteiger partial charge in [-0.15, -0.1) is 0 Å². The van der Waals surface area contributed by atoms with Crippen LogP contribution >= 0.6 is 12.0 Å². The fourth-order valence-electron chi connectivity index (χ4n) is 2.28. The van der Waals surface area contributed by atoms with E-state index >= 15 is 0 Å². The normalized spacial score (nSPS) is 14.0. The van der Waals surface area contributed by atoms with E-state index in [-0.39, 0.29) is 24.4 Å². The van der Waals surface area contributed by atoms with E-state index in [0.717, 1.165) is 47.1 Å². The zero-order valence-corrected chi connectivity index (χ0v) is 14.1. The number of amides is 1. The van der Waals surface area contributed by atoms with Gasteiger partial charge >= 0.3 is 5.97 Å². The third kappa shape index (κ3) is 3.79. The van der Waals surface area contributed by atoms with Crippen LogP contribution in [0.15, 0.2) is 35.4 Å². The molecule has 2 aromatic rings. The average Bonchev–Trinajstić information content (AvgIpc) is 2.56. The lowest BCUT2D eigenvalue weighted by Crippen LogP contribution is -2.24. The number of hydrogen-bond donors (Lipinski definition) is 1. The first-order valence-electron chi connectivity index (χ1n) is 7.78. The van der Waals surface area contributed by atoms with E-state index in [9.17, 15) is 9.59 Å². The number of ether oxygens (including phenoxy) is 1. The van der Waals surface area contributed by atoms with E-state index in [0.29, 0.717) is 5.75 Å². The lowest BCUT2D eigenvalue weighted by Gasteiger charge is -2.22. The van der Waals surface area contributed by atoms with Crippen molar-refractivity contribution < 1.29 is 18.5 Å². The molecule has 6 nitrogen and oxygen atoms in total. The lowest BCUT2D eigenvalue weighted by atomic mass is 9.86. The highest BCUT2D eigenvalue weighted by atomic mass is 32.2. The van der Waals surface area contributed by atoms with Crippen molar-refractivity contribution in [2.24, 2.45) is 5.92 Å². The van der Waals surface area contributed by atoms with E-state index in [1.165, 1.54) is 0 Å². The molecule has 24 heavy (non-hydrogen) atoms. The first kappa shape index (κ1) is 16.6. The minimum absolute atomic E-state index is 0.0389. The second-order valence-corrected chi connectivity index (χ2v) is 6.34. The SMILES string of the molecule is CNC(=O)COc1ccc2nccc(SOC(=O)C3CCC3)c2c1. The molecule has 0 bridgehead atoms. The molecule has 126 valence electrons. The van der Waals surface area contributed by atoms with Crippen LogP contribution in [0.5, 0.6) is 5.75 Å². The van der Waals surface area contributed by atoms with Crippen molar-refractivity contribution in [2.45, 2.75) is 24.2 Å². The Balaban J connectivity index is 1.74. The summed E-state index contributed by atoms with van der Waals surface area (Å²) < 4.78 is 10.8. The summed E-state index contributed by atoms with van der Waals surface area (Å²) in [6, 6.07) is 7.16. The number of hydrogen-bond acceptors (Lipinski definition) is 6. The van der Waals surface area contributed by atoms with Crippen molar-refractivity contribution in [3.63, 3.8) is 0 Å². The number of fused-ring (bicyclic) bond motifs is 1. The zero-order chi connectivity index (χ0) is 16.9. The minimum atomic E-state index is -0.203. The molecule has 7 heteroatoms. The molecule has 1 N–H and O–H groups in total. The standard InChI is InChI=1S/C17H18N2O4S/c1-18-16(20)10-22-12-5-6-14-13(9-12)15(7-8-19-14)24-23-17(21)11-3-2-4-11/h5-9,11H,2-4,10H2,1H3,(H,18,20). The first-order valence-corrected chi connectivity index (χ1v) is 8.52. The second kappa shape index (κ2) is 7.53. The maximum Gasteiger partial charge on any atom is 0.321 e. The van der Waals surface area contributed by atoms with Gasteiger partial charge in [-0.25, -0.2) is 0 Å². The predicted octanol–water partition coefficient (Wildman–Crippen LogP) is 2.71. The van der Waals surface area contributed by atoms with Gasteiger partial charge in [0.1, 0.15) is 5.75 Å². The lowest BCUT2D eigenvalue weighted by molar-refractivity contribution is -0.140. The van der Waals surface area contributed by atoms with E-state index in [2.05, 4.69) is 10.3 Å². The molecular weight excluding hydrogens is 328 g/mol. The molecule has 3 rings (SSSR count). The number of carbonyl (C=O) groups is 2. The van der Waals surface area contributed by atoms with Crippen LogP contribution in [0.2, 0.25) is 0 Å². The molecule has 0 spiro atoms. The molecule has 1 aliphatic carbocycles. The fraction of sp³-hybridized carbons (Fsp3) is 0.353. The Morgan fingerprint density at radius 1 is 1.33 bits per heavy atom. The summed E-state index contributed by atoms with van der Waals surface area (Å²) in [5.74, 6) is 0.233. The molecule has 0 aliphatic heterocycles. The smallest absolute Gasteiger partial charge is 0.321 e. The summed E-state index contributed by atoms with van der Waals surface area (Å²) in [6.45, 7) is -0.0542. The fourth-order valence-corrected chi connectivity index (χ4v) is 2.96. The summed E-state index contributed by atoms with van der Waals surface area (Å²) in [5, 5.41) is 3.32. The van der Waals surface area contributed by atoms with Gasteiger partial charge in [-0.2, -0.15) is 0 Å². The molecule has 1 aromatic carbocycles. The number of pyridine rings is 1. The Morgan fingerprint density at radius 2 is 2.17 bits per heavy atom. The molecule has 1 heterocycles. The third-order valence-corrected chi connectivity index (χ3v) is 4.76. The molecule has 0 atom stereocenters. The number of likely N-dealkylation sites (N-methyl/N-ethyl adjacent to an activating group) is 1. The summed E-state index contributed by atoms with van der Waals surface area (Å²) in [5.41, 5.74) is 0.770. The van der Waals surface area contributed by atoms with Crippen LogP contribution in [0.3, 0.4) is 0 Å². The summed E-state index contributed by atoms with van der Waals surface area (Å²) in [6.07, 6.45) is 4.59. The largest absolute Gasteiger partial charge is 0.484 e. The predicted molar refractivity (Wildman–Crippen MR) is 90.6 cm³/mol. The van der Waals surface area contributed by atoms with Crippen molar-refractivity contribution >= 4 is 34.8 Å². The molecule has 0 radical (unpaired) electrons. The Bertz CT molecular complexity index is 761. The summed E-state index contributed by atoms with van der Waals surface area (Å²) in [4.78, 5) is 28.3. The number of nitrogens with zero attached hydrogens (tertiary/aromatic N) is 1. The zero-order valence-electron chi connectivity index (χ0n) is 13.3. The number of carbonyl (C=O) groups excluding carboxylic acids is 2. The van der Waals surface area contributed by atoms with Gasteiger partial charge in [-0.05, 0) is 37.1 Å². The van der Waals surface area contributed by atoms with E-state index < -0.39 is 0 Å². The molecular formula is C17H18N2O4S. The van der Waals surface area contributed by atoms with Crippen LogP contribution in [0, 0.1) is 5.92 Å². The van der Waals surface area contributed by atoms with Crippen molar-refractivity contribution in [3.8, 4) is 5.75 Å². The third-order valence-electron chi connectivity index (χ3n) is 3.97. The first-order chi connectivity index (χ1) is 11.7. The number of benzene rings is 1. The number of aromatic nitrogens is 1. The molecule has 0 saturated heterocycles. The van der Waals surface area contributed by atoms with Gasteiger partial charge in [0.15, 0.2) is 6.61 Å². The molecule has 1 saturated carbocycles. The van der Waals surface area contributed by atoms with Crippen molar-refractivity contribution in [2.75, 3.05) is 13.7 Å². The van der Waals surface area contributed by atoms with Crippen molar-refractivity contribution in [3.05, 3.63) is 30.5 Å². The van der Waals surface area contributed by atoms with E-state index in [4.69, 9.17) is 8.92 Å². The highest BCUT2D eigenvalue weighted by Gasteiger charge is 2.27. The Morgan fingerprint density at radius 3 is 2.88 bits per heavy atom. The quantitative estimate of drug-likeness (QED) is 0.811. The van der Waals surface area contributed by atoms with Gasteiger partial charge in [0, 0.05) is 18.6 Å². The number of rotatable bonds is 6. The topological polar surface area (TPSA) is 77.5 Å². The maximum atomic E-state index is 11.9. The highest BCUT2D eigenvalue weighted by molar-refractivity contribution is 7.95. The van der Waals surface area contributed by atoms with Crippen LogP contribution < -0.4 is 10.1 Å². The van der Waals surface area contributed by atoms with E-state index in [1.54, 1.807) is 31.4 Å². The van der Waals surface area contributed by atoms with Crippen LogP contribution in [-0.2, 0) is 13.8 Å². The van der Waals surface area contributed by atoms with Gasteiger partial charge in [-0.1, -0.05) is 6.42 Å². The van der Waals surface area contributed by atoms with Gasteiger partial charge < -0.3 is 14.2 Å². The van der Waals surface area contributed by atoms with Crippen LogP contribution in [0.25, 0.3) is 10.9 Å². The van der Waals surface area contributed by atoms with E-state index in [1.807, 2.05) is 6.07 Å². The summed E-state index contributed by atoms with van der Waals surface area (Å²) in [7, 11) is 1.56. The maximum absolute atomic E-state index is 11.9. The second-order valence-electron chi connectivity index (χ2n) is 5.56. The molecule has 1 amide bonds. The van der Waals surface area contributed by atoms with Crippen molar-refractivity contribution in [1.29, 1.82) is 0 Å². The Hall–Kier alpha value is -2.28. The van der Waals surface area contributed by atoms with Gasteiger partial charge in [0.05, 0.1) is 28.4 Å². The minimum Gasteiger partial charge on any atom is -0.484 e. The van der Waals surface area contributed by atoms with Gasteiger partial charge in [0.2, 0.25) is 0 Å². The molecule has 1 aliphatic rings. The highest BCUT2D eigenvalue weighted by Crippen LogP contribution is 2.33. The van der Waals surface area contributed by atoms with Crippen LogP contribution in [0.1, 0.15) is 19.3 Å². The molecule has 0 unspecified atom stereocenters. The molecule has 1 aromatic heterocycles. The average molecular weight is 346 g/mol. The molecule has 1 fully saturated rings. The number of nitrogens with one attached hydrogen (secondary N) is 1.